The van der Waals surface area contributed by atoms with E-state index in [1.54, 1.807) is 23.9 Å². The Morgan fingerprint density at radius 1 is 1.28 bits per heavy atom. The van der Waals surface area contributed by atoms with Gasteiger partial charge < -0.3 is 9.67 Å². The molecular formula is C12H8N2O4. The second kappa shape index (κ2) is 3.19. The lowest BCUT2D eigenvalue weighted by Crippen LogP contribution is -2.20. The highest BCUT2D eigenvalue weighted by molar-refractivity contribution is 6.29. The number of aromatic nitrogens is 1. The summed E-state index contributed by atoms with van der Waals surface area (Å²) >= 11 is 0. The SMILES string of the molecule is Cn1ccc2c3c(c(C(=O)O)cc21)C(=O)NC3=O. The van der Waals surface area contributed by atoms with Crippen LogP contribution in [0.4, 0.5) is 0 Å². The van der Waals surface area contributed by atoms with Crippen molar-refractivity contribution in [1.29, 1.82) is 0 Å². The fourth-order valence-electron chi connectivity index (χ4n) is 2.28. The first-order chi connectivity index (χ1) is 8.50. The lowest BCUT2D eigenvalue weighted by molar-refractivity contribution is 0.0691. The zero-order valence-corrected chi connectivity index (χ0v) is 9.35. The number of hydrogen-bond acceptors (Lipinski definition) is 3. The highest BCUT2D eigenvalue weighted by atomic mass is 16.4. The Balaban J connectivity index is 2.54. The number of aromatic carboxylic acids is 1. The van der Waals surface area contributed by atoms with Crippen LogP contribution in [0.1, 0.15) is 31.1 Å². The quantitative estimate of drug-likeness (QED) is 0.725. The average Bonchev–Trinajstić information content (AvgIpc) is 2.80. The van der Waals surface area contributed by atoms with E-state index in [0.29, 0.717) is 10.9 Å². The molecule has 0 unspecified atom stereocenters. The van der Waals surface area contributed by atoms with Crippen LogP contribution in [0.15, 0.2) is 18.3 Å². The van der Waals surface area contributed by atoms with Crippen molar-refractivity contribution in [2.75, 3.05) is 0 Å². The van der Waals surface area contributed by atoms with Crippen LogP contribution >= 0.6 is 0 Å². The summed E-state index contributed by atoms with van der Waals surface area (Å²) in [5, 5.41) is 11.9. The third kappa shape index (κ3) is 1.14. The maximum absolute atomic E-state index is 11.7. The van der Waals surface area contributed by atoms with Crippen LogP contribution in [0.2, 0.25) is 0 Å². The molecule has 6 heteroatoms. The molecule has 1 aromatic heterocycles. The van der Waals surface area contributed by atoms with Crippen molar-refractivity contribution in [1.82, 2.24) is 9.88 Å². The van der Waals surface area contributed by atoms with Gasteiger partial charge in [-0.05, 0) is 12.1 Å². The second-order valence-electron chi connectivity index (χ2n) is 4.12. The van der Waals surface area contributed by atoms with Crippen LogP contribution in [0.25, 0.3) is 10.9 Å². The Labute approximate surface area is 101 Å². The number of nitrogens with one attached hydrogen (secondary N) is 1. The first-order valence-electron chi connectivity index (χ1n) is 5.21. The number of hydrogen-bond donors (Lipinski definition) is 2. The van der Waals surface area contributed by atoms with Crippen molar-refractivity contribution in [3.63, 3.8) is 0 Å². The number of carbonyl (C=O) groups is 3. The lowest BCUT2D eigenvalue weighted by Gasteiger charge is -2.04. The molecule has 3 rings (SSSR count). The Kier molecular flexibility index (Phi) is 1.87. The van der Waals surface area contributed by atoms with Crippen molar-refractivity contribution in [3.05, 3.63) is 35.0 Å². The molecule has 6 nitrogen and oxygen atoms in total. The Hall–Kier alpha value is -2.63. The number of benzene rings is 1. The number of aryl methyl sites for hydroxylation is 1. The molecule has 2 amide bonds. The topological polar surface area (TPSA) is 88.4 Å². The molecule has 0 radical (unpaired) electrons. The highest BCUT2D eigenvalue weighted by Gasteiger charge is 2.34. The number of rotatable bonds is 1. The van der Waals surface area contributed by atoms with E-state index in [1.165, 1.54) is 6.07 Å². The van der Waals surface area contributed by atoms with Gasteiger partial charge in [0.1, 0.15) is 0 Å². The molecular weight excluding hydrogens is 236 g/mol. The second-order valence-corrected chi connectivity index (χ2v) is 4.12. The van der Waals surface area contributed by atoms with Gasteiger partial charge in [-0.25, -0.2) is 4.79 Å². The highest BCUT2D eigenvalue weighted by Crippen LogP contribution is 2.29. The van der Waals surface area contributed by atoms with Gasteiger partial charge in [-0.2, -0.15) is 0 Å². The van der Waals surface area contributed by atoms with E-state index < -0.39 is 17.8 Å². The molecule has 1 aliphatic heterocycles. The van der Waals surface area contributed by atoms with Gasteiger partial charge >= 0.3 is 5.97 Å². The number of imide groups is 1. The van der Waals surface area contributed by atoms with E-state index in [4.69, 9.17) is 5.11 Å². The van der Waals surface area contributed by atoms with E-state index in [1.807, 2.05) is 0 Å². The van der Waals surface area contributed by atoms with Gasteiger partial charge in [0.25, 0.3) is 11.8 Å². The molecule has 1 aromatic carbocycles. The van der Waals surface area contributed by atoms with E-state index in [9.17, 15) is 14.4 Å². The minimum atomic E-state index is -1.22. The summed E-state index contributed by atoms with van der Waals surface area (Å²) in [5.74, 6) is -2.42. The van der Waals surface area contributed by atoms with Crippen LogP contribution in [0, 0.1) is 0 Å². The molecule has 2 heterocycles. The number of carbonyl (C=O) groups excluding carboxylic acids is 2. The van der Waals surface area contributed by atoms with Crippen LogP contribution in [0.5, 0.6) is 0 Å². The molecule has 90 valence electrons. The van der Waals surface area contributed by atoms with Crippen LogP contribution < -0.4 is 5.32 Å². The molecule has 0 bridgehead atoms. The summed E-state index contributed by atoms with van der Waals surface area (Å²) in [6.45, 7) is 0. The predicted molar refractivity (Wildman–Crippen MR) is 61.7 cm³/mol. The van der Waals surface area contributed by atoms with Crippen molar-refractivity contribution in [2.24, 2.45) is 7.05 Å². The predicted octanol–water partition coefficient (Wildman–Crippen LogP) is 0.760. The van der Waals surface area contributed by atoms with Gasteiger partial charge in [0, 0.05) is 24.1 Å². The van der Waals surface area contributed by atoms with Gasteiger partial charge in [0.15, 0.2) is 0 Å². The Morgan fingerprint density at radius 2 is 1.94 bits per heavy atom. The summed E-state index contributed by atoms with van der Waals surface area (Å²) in [6, 6.07) is 3.10. The average molecular weight is 244 g/mol. The van der Waals surface area contributed by atoms with Gasteiger partial charge in [0.2, 0.25) is 0 Å². The molecule has 2 aromatic rings. The normalized spacial score (nSPS) is 13.8. The maximum Gasteiger partial charge on any atom is 0.336 e. The fraction of sp³-hybridized carbons (Fsp3) is 0.0833. The summed E-state index contributed by atoms with van der Waals surface area (Å²) in [7, 11) is 1.75. The minimum absolute atomic E-state index is 0.0498. The van der Waals surface area contributed by atoms with Crippen molar-refractivity contribution in [3.8, 4) is 0 Å². The van der Waals surface area contributed by atoms with Crippen molar-refractivity contribution >= 4 is 28.7 Å². The Bertz CT molecular complexity index is 742. The largest absolute Gasteiger partial charge is 0.478 e. The van der Waals surface area contributed by atoms with Gasteiger partial charge in [-0.1, -0.05) is 0 Å². The zero-order valence-electron chi connectivity index (χ0n) is 9.35. The smallest absolute Gasteiger partial charge is 0.336 e. The number of carboxylic acid groups (broad SMARTS) is 1. The molecule has 0 fully saturated rings. The molecule has 0 saturated heterocycles. The lowest BCUT2D eigenvalue weighted by atomic mass is 9.99. The minimum Gasteiger partial charge on any atom is -0.478 e. The molecule has 18 heavy (non-hydrogen) atoms. The number of nitrogens with zero attached hydrogens (tertiary/aromatic N) is 1. The van der Waals surface area contributed by atoms with E-state index in [-0.39, 0.29) is 16.7 Å². The monoisotopic (exact) mass is 244 g/mol. The van der Waals surface area contributed by atoms with Gasteiger partial charge in [0.05, 0.1) is 16.7 Å². The molecule has 2 N–H and O–H groups in total. The summed E-state index contributed by atoms with van der Waals surface area (Å²) in [4.78, 5) is 34.6. The molecule has 0 aliphatic carbocycles. The standard InChI is InChI=1S/C12H8N2O4/c1-14-3-2-5-7(14)4-6(12(17)18)9-8(5)10(15)13-11(9)16/h2-4H,1H3,(H,17,18)(H,13,15,16). The maximum atomic E-state index is 11.7. The van der Waals surface area contributed by atoms with Gasteiger partial charge in [-0.15, -0.1) is 0 Å². The number of amides is 2. The molecule has 1 aliphatic rings. The third-order valence-corrected chi connectivity index (χ3v) is 3.10. The van der Waals surface area contributed by atoms with Crippen LogP contribution in [-0.4, -0.2) is 27.5 Å². The van der Waals surface area contributed by atoms with E-state index in [2.05, 4.69) is 5.32 Å². The van der Waals surface area contributed by atoms with Crippen LogP contribution in [0.3, 0.4) is 0 Å². The number of carboxylic acids is 1. The Morgan fingerprint density at radius 3 is 2.61 bits per heavy atom. The molecule has 0 spiro atoms. The van der Waals surface area contributed by atoms with E-state index in [0.717, 1.165) is 0 Å². The summed E-state index contributed by atoms with van der Waals surface area (Å²) in [6.07, 6.45) is 1.71. The third-order valence-electron chi connectivity index (χ3n) is 3.10. The van der Waals surface area contributed by atoms with Crippen molar-refractivity contribution in [2.45, 2.75) is 0 Å². The van der Waals surface area contributed by atoms with Crippen LogP contribution in [-0.2, 0) is 7.05 Å². The fourth-order valence-corrected chi connectivity index (χ4v) is 2.28. The first kappa shape index (κ1) is 10.5. The summed E-state index contributed by atoms with van der Waals surface area (Å²) in [5.41, 5.74) is 0.556. The van der Waals surface area contributed by atoms with Crippen molar-refractivity contribution < 1.29 is 19.5 Å². The first-order valence-corrected chi connectivity index (χ1v) is 5.21. The number of fused-ring (bicyclic) bond motifs is 3. The molecule has 0 atom stereocenters. The summed E-state index contributed by atoms with van der Waals surface area (Å²) < 4.78 is 1.71. The zero-order chi connectivity index (χ0) is 13.0. The van der Waals surface area contributed by atoms with E-state index >= 15 is 0 Å². The molecule has 0 saturated carbocycles. The van der Waals surface area contributed by atoms with Gasteiger partial charge in [-0.3, -0.25) is 14.9 Å².